The number of carbonyl (C=O) groups is 3. The summed E-state index contributed by atoms with van der Waals surface area (Å²) in [6, 6.07) is 8.69. The second kappa shape index (κ2) is 10.6. The SMILES string of the molecule is CCOC(=O)[C@H](CCc1ccccc1)N[C@H]1CCC2CCC[C@H]2N(CC(=O)O)C1=O. The summed E-state index contributed by atoms with van der Waals surface area (Å²) in [6.07, 6.45) is 5.57. The van der Waals surface area contributed by atoms with Gasteiger partial charge in [0.15, 0.2) is 0 Å². The Morgan fingerprint density at radius 3 is 2.67 bits per heavy atom. The Morgan fingerprint density at radius 2 is 1.97 bits per heavy atom. The molecule has 0 bridgehead atoms. The molecule has 30 heavy (non-hydrogen) atoms. The van der Waals surface area contributed by atoms with Gasteiger partial charge in [0.2, 0.25) is 5.91 Å². The molecule has 3 rings (SSSR count). The van der Waals surface area contributed by atoms with Crippen molar-refractivity contribution in [1.29, 1.82) is 0 Å². The third kappa shape index (κ3) is 5.59. The predicted molar refractivity (Wildman–Crippen MR) is 112 cm³/mol. The van der Waals surface area contributed by atoms with Crippen molar-refractivity contribution >= 4 is 17.8 Å². The maximum absolute atomic E-state index is 13.3. The molecule has 2 aliphatic rings. The van der Waals surface area contributed by atoms with Crippen LogP contribution in [-0.2, 0) is 25.5 Å². The first-order valence-electron chi connectivity index (χ1n) is 11.0. The van der Waals surface area contributed by atoms with Crippen LogP contribution in [0.25, 0.3) is 0 Å². The van der Waals surface area contributed by atoms with E-state index >= 15 is 0 Å². The van der Waals surface area contributed by atoms with Crippen molar-refractivity contribution in [2.45, 2.75) is 70.0 Å². The van der Waals surface area contributed by atoms with Crippen LogP contribution in [0.15, 0.2) is 30.3 Å². The zero-order valence-corrected chi connectivity index (χ0v) is 17.6. The molecule has 1 saturated carbocycles. The molecule has 164 valence electrons. The molecule has 2 fully saturated rings. The van der Waals surface area contributed by atoms with E-state index in [4.69, 9.17) is 4.74 Å². The molecule has 1 heterocycles. The highest BCUT2D eigenvalue weighted by molar-refractivity contribution is 5.87. The van der Waals surface area contributed by atoms with Gasteiger partial charge >= 0.3 is 11.9 Å². The Morgan fingerprint density at radius 1 is 1.20 bits per heavy atom. The van der Waals surface area contributed by atoms with E-state index in [1.165, 1.54) is 4.90 Å². The molecule has 1 aromatic carbocycles. The van der Waals surface area contributed by atoms with Gasteiger partial charge in [0.25, 0.3) is 0 Å². The zero-order valence-electron chi connectivity index (χ0n) is 17.6. The van der Waals surface area contributed by atoms with E-state index in [-0.39, 0.29) is 31.1 Å². The fourth-order valence-corrected chi connectivity index (χ4v) is 4.84. The lowest BCUT2D eigenvalue weighted by atomic mass is 9.97. The number of ether oxygens (including phenoxy) is 1. The average molecular weight is 417 g/mol. The molecule has 0 spiro atoms. The van der Waals surface area contributed by atoms with Gasteiger partial charge in [-0.15, -0.1) is 0 Å². The normalized spacial score (nSPS) is 24.8. The number of aryl methyl sites for hydroxylation is 1. The topological polar surface area (TPSA) is 95.9 Å². The molecule has 0 radical (unpaired) electrons. The molecule has 7 nitrogen and oxygen atoms in total. The first kappa shape index (κ1) is 22.3. The van der Waals surface area contributed by atoms with E-state index < -0.39 is 18.1 Å². The molecule has 2 N–H and O–H groups in total. The van der Waals surface area contributed by atoms with Gasteiger partial charge in [0.1, 0.15) is 12.6 Å². The standard InChI is InChI=1S/C23H32N2O5/c1-2-30-23(29)19(13-11-16-7-4-3-5-8-16)24-18-14-12-17-9-6-10-20(17)25(22(18)28)15-21(26)27/h3-5,7-8,17-20,24H,2,6,9-15H2,1H3,(H,26,27)/t17?,18-,19-,20+/m0/s1. The van der Waals surface area contributed by atoms with Crippen molar-refractivity contribution in [2.24, 2.45) is 5.92 Å². The predicted octanol–water partition coefficient (Wildman–Crippen LogP) is 2.38. The number of carboxylic acids is 1. The number of esters is 1. The van der Waals surface area contributed by atoms with E-state index in [9.17, 15) is 19.5 Å². The number of likely N-dealkylation sites (tertiary alicyclic amines) is 1. The highest BCUT2D eigenvalue weighted by atomic mass is 16.5. The van der Waals surface area contributed by atoms with E-state index in [2.05, 4.69) is 5.32 Å². The van der Waals surface area contributed by atoms with Gasteiger partial charge in [-0.1, -0.05) is 36.8 Å². The lowest BCUT2D eigenvalue weighted by Crippen LogP contribution is -2.54. The Kier molecular flexibility index (Phi) is 7.85. The Bertz CT molecular complexity index is 738. The van der Waals surface area contributed by atoms with Gasteiger partial charge in [0, 0.05) is 6.04 Å². The summed E-state index contributed by atoms with van der Waals surface area (Å²) < 4.78 is 5.25. The lowest BCUT2D eigenvalue weighted by Gasteiger charge is -2.31. The van der Waals surface area contributed by atoms with Crippen LogP contribution in [0.2, 0.25) is 0 Å². The zero-order chi connectivity index (χ0) is 21.5. The van der Waals surface area contributed by atoms with Crippen molar-refractivity contribution in [1.82, 2.24) is 10.2 Å². The highest BCUT2D eigenvalue weighted by Crippen LogP contribution is 2.36. The fraction of sp³-hybridized carbons (Fsp3) is 0.609. The van der Waals surface area contributed by atoms with E-state index in [0.717, 1.165) is 31.2 Å². The molecule has 7 heteroatoms. The number of nitrogens with one attached hydrogen (secondary N) is 1. The quantitative estimate of drug-likeness (QED) is 0.600. The number of carbonyl (C=O) groups excluding carboxylic acids is 2. The van der Waals surface area contributed by atoms with Gasteiger partial charge < -0.3 is 14.7 Å². The van der Waals surface area contributed by atoms with Crippen LogP contribution >= 0.6 is 0 Å². The largest absolute Gasteiger partial charge is 0.480 e. The van der Waals surface area contributed by atoms with Crippen LogP contribution in [0.4, 0.5) is 0 Å². The fourth-order valence-electron chi connectivity index (χ4n) is 4.84. The van der Waals surface area contributed by atoms with Gasteiger partial charge in [-0.05, 0) is 56.9 Å². The summed E-state index contributed by atoms with van der Waals surface area (Å²) in [5.41, 5.74) is 1.11. The first-order valence-corrected chi connectivity index (χ1v) is 11.0. The third-order valence-electron chi connectivity index (χ3n) is 6.27. The Labute approximate surface area is 177 Å². The summed E-state index contributed by atoms with van der Waals surface area (Å²) in [5, 5.41) is 12.6. The van der Waals surface area contributed by atoms with E-state index in [0.29, 0.717) is 25.2 Å². The number of rotatable bonds is 9. The number of hydrogen-bond donors (Lipinski definition) is 2. The monoisotopic (exact) mass is 416 g/mol. The summed E-state index contributed by atoms with van der Waals surface area (Å²) in [5.74, 6) is -1.23. The Hall–Kier alpha value is -2.41. The van der Waals surface area contributed by atoms with Crippen LogP contribution in [0.3, 0.4) is 0 Å². The molecule has 1 aliphatic carbocycles. The summed E-state index contributed by atoms with van der Waals surface area (Å²) in [6.45, 7) is 1.75. The average Bonchev–Trinajstić information content (AvgIpc) is 3.16. The first-order chi connectivity index (χ1) is 14.5. The maximum atomic E-state index is 13.3. The highest BCUT2D eigenvalue weighted by Gasteiger charge is 2.42. The number of aliphatic carboxylic acids is 1. The third-order valence-corrected chi connectivity index (χ3v) is 6.27. The van der Waals surface area contributed by atoms with Crippen LogP contribution < -0.4 is 5.32 Å². The van der Waals surface area contributed by atoms with Crippen LogP contribution in [0, 0.1) is 5.92 Å². The van der Waals surface area contributed by atoms with Crippen molar-refractivity contribution < 1.29 is 24.2 Å². The van der Waals surface area contributed by atoms with Crippen molar-refractivity contribution in [3.05, 3.63) is 35.9 Å². The minimum Gasteiger partial charge on any atom is -0.480 e. The van der Waals surface area contributed by atoms with Crippen LogP contribution in [-0.4, -0.2) is 59.1 Å². The molecule has 1 aliphatic heterocycles. The van der Waals surface area contributed by atoms with Crippen molar-refractivity contribution in [2.75, 3.05) is 13.2 Å². The number of carboxylic acid groups (broad SMARTS) is 1. The van der Waals surface area contributed by atoms with Crippen LogP contribution in [0.1, 0.15) is 51.0 Å². The number of fused-ring (bicyclic) bond motifs is 1. The summed E-state index contributed by atoms with van der Waals surface area (Å²) >= 11 is 0. The lowest BCUT2D eigenvalue weighted by molar-refractivity contribution is -0.149. The minimum absolute atomic E-state index is 0.00855. The van der Waals surface area contributed by atoms with Gasteiger partial charge in [-0.3, -0.25) is 19.7 Å². The van der Waals surface area contributed by atoms with E-state index in [1.54, 1.807) is 6.92 Å². The van der Waals surface area contributed by atoms with E-state index in [1.807, 2.05) is 30.3 Å². The minimum atomic E-state index is -0.999. The molecule has 1 unspecified atom stereocenters. The molecular weight excluding hydrogens is 384 g/mol. The molecule has 4 atom stereocenters. The number of hydrogen-bond acceptors (Lipinski definition) is 5. The van der Waals surface area contributed by atoms with Gasteiger partial charge in [0.05, 0.1) is 12.6 Å². The second-order valence-corrected chi connectivity index (χ2v) is 8.24. The summed E-state index contributed by atoms with van der Waals surface area (Å²) in [4.78, 5) is 38.8. The van der Waals surface area contributed by atoms with Crippen LogP contribution in [0.5, 0.6) is 0 Å². The Balaban J connectivity index is 1.73. The molecule has 1 amide bonds. The molecule has 1 aromatic rings. The molecule has 0 aromatic heterocycles. The number of nitrogens with zero attached hydrogens (tertiary/aromatic N) is 1. The number of benzene rings is 1. The molecular formula is C23H32N2O5. The van der Waals surface area contributed by atoms with Gasteiger partial charge in [-0.2, -0.15) is 0 Å². The van der Waals surface area contributed by atoms with Gasteiger partial charge in [-0.25, -0.2) is 0 Å². The van der Waals surface area contributed by atoms with Crippen molar-refractivity contribution in [3.63, 3.8) is 0 Å². The second-order valence-electron chi connectivity index (χ2n) is 8.24. The smallest absolute Gasteiger partial charge is 0.323 e. The van der Waals surface area contributed by atoms with Crippen molar-refractivity contribution in [3.8, 4) is 0 Å². The number of amides is 1. The maximum Gasteiger partial charge on any atom is 0.323 e. The molecule has 1 saturated heterocycles. The summed E-state index contributed by atoms with van der Waals surface area (Å²) in [7, 11) is 0.